The SMILES string of the molecule is CC(=O)NCCNC(=O)CN1C=CN(Cc2ccccc2)[CH-]1.[Cl][Ag]. The Bertz CT molecular complexity index is 542. The Balaban J connectivity index is 0.00000139. The predicted molar refractivity (Wildman–Crippen MR) is 89.7 cm³/mol. The number of hydrogen-bond acceptors (Lipinski definition) is 4. The molecular weight excluding hydrogens is 424 g/mol. The van der Waals surface area contributed by atoms with E-state index in [0.717, 1.165) is 6.54 Å². The van der Waals surface area contributed by atoms with E-state index in [1.165, 1.54) is 12.5 Å². The molecule has 24 heavy (non-hydrogen) atoms. The van der Waals surface area contributed by atoms with Crippen LogP contribution in [0.3, 0.4) is 0 Å². The number of carbonyl (C=O) groups excluding carboxylic acids is 2. The summed E-state index contributed by atoms with van der Waals surface area (Å²) in [6.45, 7) is 5.28. The van der Waals surface area contributed by atoms with Crippen LogP contribution in [0.25, 0.3) is 0 Å². The summed E-state index contributed by atoms with van der Waals surface area (Å²) in [4.78, 5) is 26.3. The fourth-order valence-electron chi connectivity index (χ4n) is 2.08. The van der Waals surface area contributed by atoms with E-state index in [0.29, 0.717) is 13.1 Å². The van der Waals surface area contributed by atoms with Crippen LogP contribution in [0.1, 0.15) is 12.5 Å². The number of benzene rings is 1. The third-order valence-electron chi connectivity index (χ3n) is 3.10. The van der Waals surface area contributed by atoms with E-state index >= 15 is 0 Å². The molecule has 0 aromatic heterocycles. The zero-order chi connectivity index (χ0) is 17.8. The van der Waals surface area contributed by atoms with Crippen molar-refractivity contribution in [2.75, 3.05) is 19.6 Å². The molecule has 0 fully saturated rings. The van der Waals surface area contributed by atoms with Gasteiger partial charge in [-0.15, -0.1) is 0 Å². The van der Waals surface area contributed by atoms with E-state index in [1.54, 1.807) is 0 Å². The molecular formula is C16H21AgClN4O2-. The molecule has 2 rings (SSSR count). The van der Waals surface area contributed by atoms with Gasteiger partial charge < -0.3 is 20.4 Å². The van der Waals surface area contributed by atoms with Crippen LogP contribution in [0.2, 0.25) is 0 Å². The van der Waals surface area contributed by atoms with Crippen molar-refractivity contribution >= 4 is 21.0 Å². The van der Waals surface area contributed by atoms with Gasteiger partial charge in [-0.1, -0.05) is 30.3 Å². The molecule has 1 aliphatic heterocycles. The summed E-state index contributed by atoms with van der Waals surface area (Å²) >= 11 is 2.42. The summed E-state index contributed by atoms with van der Waals surface area (Å²) in [5.74, 6) is -0.172. The van der Waals surface area contributed by atoms with Crippen molar-refractivity contribution in [1.29, 1.82) is 0 Å². The summed E-state index contributed by atoms with van der Waals surface area (Å²) < 4.78 is 0. The summed E-state index contributed by atoms with van der Waals surface area (Å²) in [6, 6.07) is 10.1. The molecule has 0 bridgehead atoms. The van der Waals surface area contributed by atoms with E-state index < -0.39 is 0 Å². The Hall–Kier alpha value is -1.47. The molecule has 0 spiro atoms. The van der Waals surface area contributed by atoms with Crippen LogP contribution >= 0.6 is 9.19 Å². The third kappa shape index (κ3) is 8.40. The number of nitrogens with zero attached hydrogens (tertiary/aromatic N) is 2. The van der Waals surface area contributed by atoms with E-state index in [4.69, 9.17) is 0 Å². The van der Waals surface area contributed by atoms with Crippen LogP contribution in [0, 0.1) is 6.67 Å². The van der Waals surface area contributed by atoms with Gasteiger partial charge in [-0.05, 0) is 18.0 Å². The first-order valence-corrected chi connectivity index (χ1v) is 9.25. The Labute approximate surface area is 159 Å². The average molecular weight is 445 g/mol. The van der Waals surface area contributed by atoms with Crippen molar-refractivity contribution in [3.8, 4) is 0 Å². The topological polar surface area (TPSA) is 64.7 Å². The maximum atomic E-state index is 11.8. The molecule has 0 saturated heterocycles. The van der Waals surface area contributed by atoms with Gasteiger partial charge >= 0.3 is 29.2 Å². The predicted octanol–water partition coefficient (Wildman–Crippen LogP) is 1.33. The summed E-state index contributed by atoms with van der Waals surface area (Å²) in [6.07, 6.45) is 3.81. The van der Waals surface area contributed by atoms with Crippen molar-refractivity contribution in [1.82, 2.24) is 20.4 Å². The Kier molecular flexibility index (Phi) is 10.3. The molecule has 0 atom stereocenters. The fourth-order valence-corrected chi connectivity index (χ4v) is 2.08. The summed E-state index contributed by atoms with van der Waals surface area (Å²) in [5.41, 5.74) is 1.21. The number of halogens is 1. The first kappa shape index (κ1) is 20.6. The van der Waals surface area contributed by atoms with Gasteiger partial charge in [0.05, 0.1) is 6.54 Å². The molecule has 0 saturated carbocycles. The van der Waals surface area contributed by atoms with Gasteiger partial charge in [0.25, 0.3) is 0 Å². The molecule has 136 valence electrons. The second-order valence-electron chi connectivity index (χ2n) is 5.08. The van der Waals surface area contributed by atoms with Crippen molar-refractivity contribution in [3.63, 3.8) is 0 Å². The third-order valence-corrected chi connectivity index (χ3v) is 3.10. The molecule has 1 aromatic carbocycles. The first-order valence-electron chi connectivity index (χ1n) is 7.35. The van der Waals surface area contributed by atoms with Gasteiger partial charge in [-0.3, -0.25) is 9.59 Å². The second-order valence-corrected chi connectivity index (χ2v) is 5.08. The van der Waals surface area contributed by atoms with Crippen LogP contribution in [0.4, 0.5) is 0 Å². The van der Waals surface area contributed by atoms with Gasteiger partial charge in [-0.25, -0.2) is 0 Å². The van der Waals surface area contributed by atoms with E-state index in [2.05, 4.69) is 51.9 Å². The first-order chi connectivity index (χ1) is 11.6. The minimum atomic E-state index is -0.0957. The molecule has 1 heterocycles. The van der Waals surface area contributed by atoms with Crippen LogP contribution < -0.4 is 10.6 Å². The molecule has 0 aliphatic carbocycles. The fraction of sp³-hybridized carbons (Fsp3) is 0.312. The van der Waals surface area contributed by atoms with Crippen LogP contribution in [-0.2, 0) is 36.1 Å². The molecule has 6 nitrogen and oxygen atoms in total. The quantitative estimate of drug-likeness (QED) is 0.378. The van der Waals surface area contributed by atoms with Gasteiger partial charge in [0.1, 0.15) is 0 Å². The van der Waals surface area contributed by atoms with Gasteiger partial charge in [0.2, 0.25) is 11.8 Å². The van der Waals surface area contributed by atoms with Gasteiger partial charge in [0, 0.05) is 26.6 Å². The maximum absolute atomic E-state index is 11.8. The van der Waals surface area contributed by atoms with Crippen molar-refractivity contribution < 1.29 is 29.6 Å². The standard InChI is InChI=1S/C16H21N4O2.Ag.ClH/c1-14(21)17-7-8-18-16(22)12-20-10-9-19(13-20)11-15-5-3-2-4-6-15;;/h2-6,9-10,13H,7-8,11-12H2,1H3,(H,17,21)(H,18,22);;1H/q-1;+1;/p-1. The van der Waals surface area contributed by atoms with Crippen LogP contribution in [0.15, 0.2) is 42.7 Å². The molecule has 1 aromatic rings. The minimum absolute atomic E-state index is 0.0761. The average Bonchev–Trinajstić information content (AvgIpc) is 3.01. The van der Waals surface area contributed by atoms with Crippen molar-refractivity contribution in [3.05, 3.63) is 55.0 Å². The van der Waals surface area contributed by atoms with Crippen molar-refractivity contribution in [2.45, 2.75) is 13.5 Å². The Morgan fingerprint density at radius 1 is 1.08 bits per heavy atom. The molecule has 8 heteroatoms. The Morgan fingerprint density at radius 2 is 1.71 bits per heavy atom. The zero-order valence-electron chi connectivity index (χ0n) is 13.3. The summed E-state index contributed by atoms with van der Waals surface area (Å²) in [7, 11) is 4.45. The van der Waals surface area contributed by atoms with E-state index in [1.807, 2.05) is 47.1 Å². The normalized spacial score (nSPS) is 12.5. The van der Waals surface area contributed by atoms with E-state index in [9.17, 15) is 9.59 Å². The molecule has 0 radical (unpaired) electrons. The van der Waals surface area contributed by atoms with Crippen LogP contribution in [-0.4, -0.2) is 41.2 Å². The Morgan fingerprint density at radius 3 is 2.38 bits per heavy atom. The molecule has 2 N–H and O–H groups in total. The second kappa shape index (κ2) is 12.0. The number of amides is 2. The van der Waals surface area contributed by atoms with Crippen molar-refractivity contribution in [2.24, 2.45) is 0 Å². The van der Waals surface area contributed by atoms with Crippen LogP contribution in [0.5, 0.6) is 0 Å². The summed E-state index contributed by atoms with van der Waals surface area (Å²) in [5, 5.41) is 5.39. The van der Waals surface area contributed by atoms with E-state index in [-0.39, 0.29) is 18.4 Å². The molecule has 0 unspecified atom stereocenters. The van der Waals surface area contributed by atoms with Gasteiger partial charge in [-0.2, -0.15) is 6.67 Å². The number of nitrogens with one attached hydrogen (secondary N) is 2. The number of carbonyl (C=O) groups is 2. The monoisotopic (exact) mass is 443 g/mol. The number of rotatable bonds is 7. The zero-order valence-corrected chi connectivity index (χ0v) is 15.6. The van der Waals surface area contributed by atoms with Gasteiger partial charge in [0.15, 0.2) is 0 Å². The number of hydrogen-bond donors (Lipinski definition) is 2. The molecule has 1 aliphatic rings. The molecule has 2 amide bonds.